The average Bonchev–Trinajstić information content (AvgIpc) is 2.39. The predicted molar refractivity (Wildman–Crippen MR) is 70.9 cm³/mol. The summed E-state index contributed by atoms with van der Waals surface area (Å²) < 4.78 is 5.98. The van der Waals surface area contributed by atoms with Gasteiger partial charge in [0, 0.05) is 0 Å². The molecule has 1 aliphatic heterocycles. The summed E-state index contributed by atoms with van der Waals surface area (Å²) in [6, 6.07) is 8.49. The molecule has 2 heteroatoms. The lowest BCUT2D eigenvalue weighted by molar-refractivity contribution is -0.0320. The van der Waals surface area contributed by atoms with Gasteiger partial charge >= 0.3 is 0 Å². The van der Waals surface area contributed by atoms with E-state index in [9.17, 15) is 0 Å². The van der Waals surface area contributed by atoms with E-state index >= 15 is 0 Å². The van der Waals surface area contributed by atoms with Crippen LogP contribution in [0.5, 0.6) is 0 Å². The van der Waals surface area contributed by atoms with Crippen molar-refractivity contribution in [1.82, 2.24) is 0 Å². The summed E-state index contributed by atoms with van der Waals surface area (Å²) in [7, 11) is 0. The van der Waals surface area contributed by atoms with Gasteiger partial charge in [-0.3, -0.25) is 0 Å². The third kappa shape index (κ3) is 2.88. The molecule has 0 bridgehead atoms. The summed E-state index contributed by atoms with van der Waals surface area (Å²) in [6.07, 6.45) is 3.20. The minimum atomic E-state index is -0.320. The van der Waals surface area contributed by atoms with Crippen molar-refractivity contribution in [3.05, 3.63) is 35.4 Å². The van der Waals surface area contributed by atoms with Gasteiger partial charge in [-0.15, -0.1) is 0 Å². The van der Waals surface area contributed by atoms with Crippen molar-refractivity contribution in [3.63, 3.8) is 0 Å². The highest BCUT2D eigenvalue weighted by Crippen LogP contribution is 2.33. The quantitative estimate of drug-likeness (QED) is 0.809. The highest BCUT2D eigenvalue weighted by molar-refractivity contribution is 5.29. The Morgan fingerprint density at radius 2 is 2.00 bits per heavy atom. The first kappa shape index (κ1) is 12.6. The zero-order valence-corrected chi connectivity index (χ0v) is 11.1. The normalized spacial score (nSPS) is 28.7. The lowest BCUT2D eigenvalue weighted by Crippen LogP contribution is -2.41. The molecule has 17 heavy (non-hydrogen) atoms. The van der Waals surface area contributed by atoms with E-state index in [4.69, 9.17) is 10.5 Å². The van der Waals surface area contributed by atoms with Crippen molar-refractivity contribution in [1.29, 1.82) is 0 Å². The summed E-state index contributed by atoms with van der Waals surface area (Å²) in [6.45, 7) is 7.02. The van der Waals surface area contributed by atoms with Crippen molar-refractivity contribution in [2.24, 2.45) is 5.73 Å². The first-order valence-corrected chi connectivity index (χ1v) is 6.41. The molecule has 0 aliphatic carbocycles. The maximum atomic E-state index is 6.55. The van der Waals surface area contributed by atoms with E-state index in [-0.39, 0.29) is 11.1 Å². The number of rotatable bonds is 1. The van der Waals surface area contributed by atoms with Gasteiger partial charge in [0.15, 0.2) is 0 Å². The lowest BCUT2D eigenvalue weighted by Gasteiger charge is -2.30. The summed E-state index contributed by atoms with van der Waals surface area (Å²) in [5.41, 5.74) is 8.65. The molecule has 1 atom stereocenters. The Bertz CT molecular complexity index is 400. The molecule has 2 N–H and O–H groups in total. The zero-order valence-electron chi connectivity index (χ0n) is 11.1. The van der Waals surface area contributed by atoms with Crippen molar-refractivity contribution in [2.45, 2.75) is 51.2 Å². The second-order valence-electron chi connectivity index (χ2n) is 5.93. The van der Waals surface area contributed by atoms with Crippen LogP contribution in [0.1, 0.15) is 44.2 Å². The minimum absolute atomic E-state index is 0.0368. The zero-order chi connectivity index (χ0) is 12.5. The van der Waals surface area contributed by atoms with Gasteiger partial charge in [0.05, 0.1) is 17.7 Å². The van der Waals surface area contributed by atoms with Gasteiger partial charge in [0.25, 0.3) is 0 Å². The topological polar surface area (TPSA) is 35.2 Å². The van der Waals surface area contributed by atoms with Crippen LogP contribution in [0.3, 0.4) is 0 Å². The molecule has 2 nitrogen and oxygen atoms in total. The van der Waals surface area contributed by atoms with Gasteiger partial charge < -0.3 is 10.5 Å². The summed E-state index contributed by atoms with van der Waals surface area (Å²) in [5.74, 6) is 0. The fraction of sp³-hybridized carbons (Fsp3) is 0.600. The fourth-order valence-corrected chi connectivity index (χ4v) is 2.48. The third-order valence-electron chi connectivity index (χ3n) is 3.72. The first-order chi connectivity index (χ1) is 7.91. The Morgan fingerprint density at radius 3 is 2.71 bits per heavy atom. The molecule has 0 saturated carbocycles. The maximum Gasteiger partial charge on any atom is 0.0695 e. The molecule has 0 aromatic heterocycles. The molecule has 0 amide bonds. The van der Waals surface area contributed by atoms with Crippen LogP contribution in [-0.4, -0.2) is 12.2 Å². The van der Waals surface area contributed by atoms with Crippen molar-refractivity contribution < 1.29 is 4.74 Å². The Morgan fingerprint density at radius 1 is 1.24 bits per heavy atom. The second-order valence-corrected chi connectivity index (χ2v) is 5.93. The first-order valence-electron chi connectivity index (χ1n) is 6.41. The van der Waals surface area contributed by atoms with Crippen LogP contribution in [0, 0.1) is 6.92 Å². The molecule has 94 valence electrons. The van der Waals surface area contributed by atoms with E-state index in [1.807, 2.05) is 0 Å². The van der Waals surface area contributed by atoms with E-state index < -0.39 is 0 Å². The number of aryl methyl sites for hydroxylation is 1. The van der Waals surface area contributed by atoms with E-state index in [0.29, 0.717) is 6.61 Å². The predicted octanol–water partition coefficient (Wildman–Crippen LogP) is 3.13. The molecule has 0 spiro atoms. The molecule has 1 aromatic carbocycles. The molecule has 1 aliphatic rings. The standard InChI is InChI=1S/C15H23NO/c1-12-6-4-7-13(10-12)15(16)9-5-8-14(2,3)17-11-15/h4,6-7,10H,5,8-9,11,16H2,1-3H3. The van der Waals surface area contributed by atoms with Crippen LogP contribution in [0.15, 0.2) is 24.3 Å². The van der Waals surface area contributed by atoms with Gasteiger partial charge in [0.2, 0.25) is 0 Å². The van der Waals surface area contributed by atoms with Crippen LogP contribution in [0.4, 0.5) is 0 Å². The van der Waals surface area contributed by atoms with E-state index in [1.54, 1.807) is 0 Å². The van der Waals surface area contributed by atoms with Gasteiger partial charge in [-0.05, 0) is 45.6 Å². The highest BCUT2D eigenvalue weighted by atomic mass is 16.5. The number of benzene rings is 1. The van der Waals surface area contributed by atoms with Gasteiger partial charge in [-0.25, -0.2) is 0 Å². The smallest absolute Gasteiger partial charge is 0.0695 e. The van der Waals surface area contributed by atoms with Crippen LogP contribution in [0.2, 0.25) is 0 Å². The summed E-state index contributed by atoms with van der Waals surface area (Å²) in [4.78, 5) is 0. The van der Waals surface area contributed by atoms with Crippen molar-refractivity contribution in [2.75, 3.05) is 6.61 Å². The number of hydrogen-bond acceptors (Lipinski definition) is 2. The fourth-order valence-electron chi connectivity index (χ4n) is 2.48. The number of nitrogens with two attached hydrogens (primary N) is 1. The second kappa shape index (κ2) is 4.43. The van der Waals surface area contributed by atoms with E-state index in [2.05, 4.69) is 45.0 Å². The average molecular weight is 233 g/mol. The monoisotopic (exact) mass is 233 g/mol. The lowest BCUT2D eigenvalue weighted by atomic mass is 9.86. The van der Waals surface area contributed by atoms with Crippen LogP contribution < -0.4 is 5.73 Å². The van der Waals surface area contributed by atoms with Crippen molar-refractivity contribution in [3.8, 4) is 0 Å². The Labute approximate surface area is 104 Å². The van der Waals surface area contributed by atoms with Gasteiger partial charge in [-0.1, -0.05) is 29.8 Å². The molecular formula is C15H23NO. The molecule has 1 saturated heterocycles. The summed E-state index contributed by atoms with van der Waals surface area (Å²) >= 11 is 0. The molecule has 1 fully saturated rings. The molecule has 0 radical (unpaired) electrons. The summed E-state index contributed by atoms with van der Waals surface area (Å²) in [5, 5.41) is 0. The molecule has 1 unspecified atom stereocenters. The number of hydrogen-bond donors (Lipinski definition) is 1. The van der Waals surface area contributed by atoms with Crippen molar-refractivity contribution >= 4 is 0 Å². The van der Waals surface area contributed by atoms with Crippen LogP contribution >= 0.6 is 0 Å². The van der Waals surface area contributed by atoms with Crippen LogP contribution in [-0.2, 0) is 10.3 Å². The number of ether oxygens (including phenoxy) is 1. The molecule has 2 rings (SSSR count). The van der Waals surface area contributed by atoms with Gasteiger partial charge in [-0.2, -0.15) is 0 Å². The van der Waals surface area contributed by atoms with E-state index in [0.717, 1.165) is 19.3 Å². The largest absolute Gasteiger partial charge is 0.373 e. The maximum absolute atomic E-state index is 6.55. The SMILES string of the molecule is Cc1cccc(C2(N)CCCC(C)(C)OC2)c1. The molecule has 1 aromatic rings. The highest BCUT2D eigenvalue weighted by Gasteiger charge is 2.34. The molecule has 1 heterocycles. The van der Waals surface area contributed by atoms with Gasteiger partial charge in [0.1, 0.15) is 0 Å². The van der Waals surface area contributed by atoms with Crippen LogP contribution in [0.25, 0.3) is 0 Å². The Hall–Kier alpha value is -0.860. The van der Waals surface area contributed by atoms with E-state index in [1.165, 1.54) is 11.1 Å². The molecular weight excluding hydrogens is 210 g/mol. The Balaban J connectivity index is 2.24. The third-order valence-corrected chi connectivity index (χ3v) is 3.72. The Kier molecular flexibility index (Phi) is 3.28. The minimum Gasteiger partial charge on any atom is -0.373 e.